The summed E-state index contributed by atoms with van der Waals surface area (Å²) in [6, 6.07) is 11.0. The lowest BCUT2D eigenvalue weighted by Gasteiger charge is -2.22. The molecular weight excluding hydrogens is 342 g/mol. The van der Waals surface area contributed by atoms with E-state index in [2.05, 4.69) is 10.6 Å². The first kappa shape index (κ1) is 19.4. The summed E-state index contributed by atoms with van der Waals surface area (Å²) in [4.78, 5) is 24.4. The lowest BCUT2D eigenvalue weighted by atomic mass is 10.0. The van der Waals surface area contributed by atoms with E-state index in [-0.39, 0.29) is 18.2 Å². The quantitative estimate of drug-likeness (QED) is 0.795. The van der Waals surface area contributed by atoms with Gasteiger partial charge in [0.1, 0.15) is 11.8 Å². The van der Waals surface area contributed by atoms with E-state index in [1.165, 1.54) is 6.07 Å². The molecule has 7 heteroatoms. The Balaban J connectivity index is 1.95. The van der Waals surface area contributed by atoms with Crippen molar-refractivity contribution in [3.8, 4) is 5.75 Å². The van der Waals surface area contributed by atoms with Gasteiger partial charge in [0, 0.05) is 11.8 Å². The number of halogens is 2. The third-order valence-electron chi connectivity index (χ3n) is 3.57. The van der Waals surface area contributed by atoms with E-state index >= 15 is 0 Å². The lowest BCUT2D eigenvalue weighted by Crippen LogP contribution is -2.48. The average molecular weight is 362 g/mol. The summed E-state index contributed by atoms with van der Waals surface area (Å²) in [6.07, 6.45) is 0. The van der Waals surface area contributed by atoms with Crippen LogP contribution in [0.2, 0.25) is 0 Å². The molecule has 2 amide bonds. The molecule has 26 heavy (non-hydrogen) atoms. The third kappa shape index (κ3) is 5.54. The molecule has 0 radical (unpaired) electrons. The molecule has 2 N–H and O–H groups in total. The lowest BCUT2D eigenvalue weighted by molar-refractivity contribution is -0.128. The van der Waals surface area contributed by atoms with Gasteiger partial charge in [-0.25, -0.2) is 8.78 Å². The molecule has 0 aliphatic rings. The fourth-order valence-corrected chi connectivity index (χ4v) is 2.21. The summed E-state index contributed by atoms with van der Waals surface area (Å²) < 4.78 is 31.5. The van der Waals surface area contributed by atoms with Crippen LogP contribution in [0, 0.1) is 17.6 Å². The first-order valence-electron chi connectivity index (χ1n) is 8.10. The van der Waals surface area contributed by atoms with Crippen LogP contribution in [0.15, 0.2) is 48.5 Å². The maximum Gasteiger partial charge on any atom is 0.258 e. The zero-order valence-electron chi connectivity index (χ0n) is 14.5. The third-order valence-corrected chi connectivity index (χ3v) is 3.57. The highest BCUT2D eigenvalue weighted by molar-refractivity contribution is 5.97. The van der Waals surface area contributed by atoms with Crippen molar-refractivity contribution in [2.24, 2.45) is 5.92 Å². The number of hydrogen-bond acceptors (Lipinski definition) is 3. The number of hydrogen-bond donors (Lipinski definition) is 2. The van der Waals surface area contributed by atoms with Gasteiger partial charge >= 0.3 is 0 Å². The van der Waals surface area contributed by atoms with Crippen molar-refractivity contribution in [1.82, 2.24) is 5.32 Å². The van der Waals surface area contributed by atoms with Gasteiger partial charge in [-0.3, -0.25) is 9.59 Å². The molecule has 138 valence electrons. The first-order valence-corrected chi connectivity index (χ1v) is 8.10. The predicted octanol–water partition coefficient (Wildman–Crippen LogP) is 3.12. The van der Waals surface area contributed by atoms with Gasteiger partial charge in [0.25, 0.3) is 5.91 Å². The number of benzene rings is 2. The Labute approximate surface area is 150 Å². The van der Waals surface area contributed by atoms with E-state index in [1.807, 2.05) is 6.07 Å². The molecule has 0 aromatic heterocycles. The minimum absolute atomic E-state index is 0.106. The van der Waals surface area contributed by atoms with E-state index < -0.39 is 29.5 Å². The summed E-state index contributed by atoms with van der Waals surface area (Å²) in [6.45, 7) is 3.27. The number of anilines is 1. The predicted molar refractivity (Wildman–Crippen MR) is 93.7 cm³/mol. The Morgan fingerprint density at radius 2 is 1.73 bits per heavy atom. The second-order valence-electron chi connectivity index (χ2n) is 6.01. The van der Waals surface area contributed by atoms with Crippen LogP contribution < -0.4 is 15.4 Å². The molecule has 0 saturated carbocycles. The van der Waals surface area contributed by atoms with Gasteiger partial charge in [-0.05, 0) is 30.2 Å². The van der Waals surface area contributed by atoms with Crippen molar-refractivity contribution in [3.05, 3.63) is 60.2 Å². The summed E-state index contributed by atoms with van der Waals surface area (Å²) in [5, 5.41) is 5.06. The molecule has 2 aromatic rings. The van der Waals surface area contributed by atoms with Crippen molar-refractivity contribution in [2.75, 3.05) is 11.9 Å². The van der Waals surface area contributed by atoms with Gasteiger partial charge in [0.05, 0.1) is 0 Å². The SMILES string of the molecule is CC(C)C(NC(=O)COc1ccccc1)C(=O)Nc1ccc(F)c(F)c1. The van der Waals surface area contributed by atoms with E-state index in [9.17, 15) is 18.4 Å². The minimum atomic E-state index is -1.07. The first-order chi connectivity index (χ1) is 12.4. The Morgan fingerprint density at radius 1 is 1.04 bits per heavy atom. The van der Waals surface area contributed by atoms with Crippen molar-refractivity contribution < 1.29 is 23.1 Å². The Bertz CT molecular complexity index is 767. The molecule has 0 spiro atoms. The molecule has 0 aliphatic carbocycles. The Morgan fingerprint density at radius 3 is 2.35 bits per heavy atom. The fraction of sp³-hybridized carbons (Fsp3) is 0.263. The molecule has 1 atom stereocenters. The van der Waals surface area contributed by atoms with Gasteiger partial charge in [-0.15, -0.1) is 0 Å². The number of rotatable bonds is 7. The highest BCUT2D eigenvalue weighted by Crippen LogP contribution is 2.14. The second-order valence-corrected chi connectivity index (χ2v) is 6.01. The van der Waals surface area contributed by atoms with Crippen LogP contribution in [0.5, 0.6) is 5.75 Å². The molecule has 1 unspecified atom stereocenters. The van der Waals surface area contributed by atoms with Crippen LogP contribution in [0.25, 0.3) is 0 Å². The number of para-hydroxylation sites is 1. The van der Waals surface area contributed by atoms with Gasteiger partial charge in [0.2, 0.25) is 5.91 Å². The van der Waals surface area contributed by atoms with Gasteiger partial charge in [-0.1, -0.05) is 32.0 Å². The summed E-state index contributed by atoms with van der Waals surface area (Å²) in [5.74, 6) is -2.75. The maximum atomic E-state index is 13.2. The average Bonchev–Trinajstić information content (AvgIpc) is 2.61. The Hall–Kier alpha value is -2.96. The topological polar surface area (TPSA) is 67.4 Å². The monoisotopic (exact) mass is 362 g/mol. The number of nitrogens with one attached hydrogen (secondary N) is 2. The Kier molecular flexibility index (Phi) is 6.66. The second kappa shape index (κ2) is 8.94. The molecule has 0 saturated heterocycles. The summed E-state index contributed by atoms with van der Waals surface area (Å²) >= 11 is 0. The molecule has 2 rings (SSSR count). The van der Waals surface area contributed by atoms with Gasteiger partial charge < -0.3 is 15.4 Å². The van der Waals surface area contributed by atoms with Crippen LogP contribution in [0.1, 0.15) is 13.8 Å². The van der Waals surface area contributed by atoms with Crippen LogP contribution in [-0.2, 0) is 9.59 Å². The normalized spacial score (nSPS) is 11.7. The fourth-order valence-electron chi connectivity index (χ4n) is 2.21. The largest absolute Gasteiger partial charge is 0.484 e. The maximum absolute atomic E-state index is 13.2. The highest BCUT2D eigenvalue weighted by atomic mass is 19.2. The number of carbonyl (C=O) groups is 2. The van der Waals surface area contributed by atoms with Crippen LogP contribution in [0.4, 0.5) is 14.5 Å². The highest BCUT2D eigenvalue weighted by Gasteiger charge is 2.24. The number of carbonyl (C=O) groups excluding carboxylic acids is 2. The van der Waals surface area contributed by atoms with Crippen molar-refractivity contribution >= 4 is 17.5 Å². The zero-order valence-corrected chi connectivity index (χ0v) is 14.5. The number of amides is 2. The minimum Gasteiger partial charge on any atom is -0.484 e. The van der Waals surface area contributed by atoms with E-state index in [0.29, 0.717) is 5.75 Å². The van der Waals surface area contributed by atoms with Crippen LogP contribution in [-0.4, -0.2) is 24.5 Å². The summed E-state index contributed by atoms with van der Waals surface area (Å²) in [5.41, 5.74) is 0.106. The molecule has 0 fully saturated rings. The van der Waals surface area contributed by atoms with Gasteiger partial charge in [-0.2, -0.15) is 0 Å². The van der Waals surface area contributed by atoms with Crippen LogP contribution in [0.3, 0.4) is 0 Å². The summed E-state index contributed by atoms with van der Waals surface area (Å²) in [7, 11) is 0. The molecule has 0 aliphatic heterocycles. The zero-order chi connectivity index (χ0) is 19.1. The standard InChI is InChI=1S/C19H20F2N2O3/c1-12(2)18(19(25)22-13-8-9-15(20)16(21)10-13)23-17(24)11-26-14-6-4-3-5-7-14/h3-10,12,18H,11H2,1-2H3,(H,22,25)(H,23,24). The van der Waals surface area contributed by atoms with E-state index in [4.69, 9.17) is 4.74 Å². The van der Waals surface area contributed by atoms with E-state index in [0.717, 1.165) is 12.1 Å². The molecule has 0 bridgehead atoms. The smallest absolute Gasteiger partial charge is 0.258 e. The molecule has 2 aromatic carbocycles. The molecular formula is C19H20F2N2O3. The molecule has 5 nitrogen and oxygen atoms in total. The van der Waals surface area contributed by atoms with Crippen molar-refractivity contribution in [2.45, 2.75) is 19.9 Å². The van der Waals surface area contributed by atoms with E-state index in [1.54, 1.807) is 38.1 Å². The van der Waals surface area contributed by atoms with Crippen molar-refractivity contribution in [3.63, 3.8) is 0 Å². The van der Waals surface area contributed by atoms with Crippen LogP contribution >= 0.6 is 0 Å². The van der Waals surface area contributed by atoms with Crippen molar-refractivity contribution in [1.29, 1.82) is 0 Å². The molecule has 0 heterocycles. The van der Waals surface area contributed by atoms with Gasteiger partial charge in [0.15, 0.2) is 18.2 Å². The number of ether oxygens (including phenoxy) is 1.